The summed E-state index contributed by atoms with van der Waals surface area (Å²) in [4.78, 5) is 0. The first-order valence-electron chi connectivity index (χ1n) is 6.07. The normalized spacial score (nSPS) is 45.2. The van der Waals surface area contributed by atoms with E-state index in [9.17, 15) is 21.8 Å². The summed E-state index contributed by atoms with van der Waals surface area (Å²) in [6, 6.07) is 0. The molecule has 4 rings (SSSR count). The highest BCUT2D eigenvalue weighted by Crippen LogP contribution is 2.65. The smallest absolute Gasteiger partial charge is 0.339 e. The second-order valence-corrected chi connectivity index (χ2v) is 7.59. The van der Waals surface area contributed by atoms with Gasteiger partial charge in [-0.05, 0) is 56.3 Å². The standard InChI is InChI=1S/C11H16F2O3S/c12-11(13,17(14,15)16)10-4-7-1-8(5-10)3-9(2-7)6-10/h7-9H,1-6H2,(H,14,15,16)/p-1. The van der Waals surface area contributed by atoms with Crippen molar-refractivity contribution in [2.75, 3.05) is 0 Å². The highest BCUT2D eigenvalue weighted by atomic mass is 32.2. The summed E-state index contributed by atoms with van der Waals surface area (Å²) in [6.07, 6.45) is 3.46. The van der Waals surface area contributed by atoms with Crippen LogP contribution in [0.3, 0.4) is 0 Å². The molecule has 0 atom stereocenters. The zero-order valence-electron chi connectivity index (χ0n) is 9.36. The highest BCUT2D eigenvalue weighted by Gasteiger charge is 2.65. The largest absolute Gasteiger partial charge is 0.743 e. The maximum atomic E-state index is 14.0. The first-order valence-corrected chi connectivity index (χ1v) is 7.48. The van der Waals surface area contributed by atoms with E-state index in [1.807, 2.05) is 0 Å². The van der Waals surface area contributed by atoms with Crippen molar-refractivity contribution >= 4 is 10.1 Å². The van der Waals surface area contributed by atoms with Gasteiger partial charge in [0.2, 0.25) is 0 Å². The molecule has 98 valence electrons. The van der Waals surface area contributed by atoms with Crippen molar-refractivity contribution in [1.82, 2.24) is 0 Å². The maximum absolute atomic E-state index is 14.0. The molecule has 17 heavy (non-hydrogen) atoms. The molecule has 0 aromatic heterocycles. The lowest BCUT2D eigenvalue weighted by molar-refractivity contribution is -0.161. The molecule has 0 amide bonds. The molecule has 4 fully saturated rings. The molecule has 0 aromatic carbocycles. The molecule has 4 bridgehead atoms. The molecular formula is C11H15F2O3S-. The van der Waals surface area contributed by atoms with E-state index in [1.54, 1.807) is 0 Å². The zero-order valence-corrected chi connectivity index (χ0v) is 10.2. The Morgan fingerprint density at radius 2 is 1.35 bits per heavy atom. The van der Waals surface area contributed by atoms with Crippen molar-refractivity contribution < 1.29 is 21.8 Å². The summed E-state index contributed by atoms with van der Waals surface area (Å²) in [7, 11) is -5.55. The van der Waals surface area contributed by atoms with E-state index in [0.717, 1.165) is 19.3 Å². The zero-order chi connectivity index (χ0) is 12.5. The Morgan fingerprint density at radius 3 is 1.65 bits per heavy atom. The third kappa shape index (κ3) is 1.49. The van der Waals surface area contributed by atoms with Crippen molar-refractivity contribution in [3.8, 4) is 0 Å². The molecular weight excluding hydrogens is 250 g/mol. The fourth-order valence-electron chi connectivity index (χ4n) is 4.73. The minimum Gasteiger partial charge on any atom is -0.743 e. The minimum atomic E-state index is -5.55. The second-order valence-electron chi connectivity index (χ2n) is 6.17. The Bertz CT molecular complexity index is 408. The van der Waals surface area contributed by atoms with E-state index in [-0.39, 0.29) is 37.0 Å². The van der Waals surface area contributed by atoms with Crippen LogP contribution in [0.1, 0.15) is 38.5 Å². The number of hydrogen-bond acceptors (Lipinski definition) is 3. The summed E-state index contributed by atoms with van der Waals surface area (Å²) in [5.74, 6) is 0.608. The molecule has 4 saturated carbocycles. The molecule has 6 heteroatoms. The summed E-state index contributed by atoms with van der Waals surface area (Å²) < 4.78 is 60.5. The first-order chi connectivity index (χ1) is 7.73. The van der Waals surface area contributed by atoms with Gasteiger partial charge in [0.05, 0.1) is 0 Å². The van der Waals surface area contributed by atoms with E-state index in [0.29, 0.717) is 0 Å². The molecule has 3 nitrogen and oxygen atoms in total. The maximum Gasteiger partial charge on any atom is 0.339 e. The van der Waals surface area contributed by atoms with E-state index in [4.69, 9.17) is 0 Å². The lowest BCUT2D eigenvalue weighted by atomic mass is 9.49. The van der Waals surface area contributed by atoms with Gasteiger partial charge in [-0.25, -0.2) is 8.42 Å². The van der Waals surface area contributed by atoms with E-state index >= 15 is 0 Å². The third-order valence-corrected chi connectivity index (χ3v) is 6.03. The SMILES string of the molecule is O=S(=O)([O-])C(F)(F)C12CC3CC(CC(C3)C1)C2. The van der Waals surface area contributed by atoms with Gasteiger partial charge in [0.15, 0.2) is 10.1 Å². The monoisotopic (exact) mass is 265 g/mol. The van der Waals surface area contributed by atoms with Gasteiger partial charge < -0.3 is 4.55 Å². The molecule has 0 aromatic rings. The lowest BCUT2D eigenvalue weighted by Crippen LogP contribution is -2.57. The Labute approximate surface area is 99.3 Å². The summed E-state index contributed by atoms with van der Waals surface area (Å²) in [6.45, 7) is 0. The van der Waals surface area contributed by atoms with Gasteiger partial charge in [0, 0.05) is 5.41 Å². The van der Waals surface area contributed by atoms with Crippen LogP contribution in [0.4, 0.5) is 8.78 Å². The van der Waals surface area contributed by atoms with Gasteiger partial charge in [-0.1, -0.05) is 0 Å². The Morgan fingerprint density at radius 1 is 1.00 bits per heavy atom. The molecule has 0 spiro atoms. The van der Waals surface area contributed by atoms with Gasteiger partial charge in [-0.3, -0.25) is 0 Å². The number of hydrogen-bond donors (Lipinski definition) is 0. The van der Waals surface area contributed by atoms with Crippen LogP contribution in [0.25, 0.3) is 0 Å². The van der Waals surface area contributed by atoms with Crippen molar-refractivity contribution in [3.63, 3.8) is 0 Å². The summed E-state index contributed by atoms with van der Waals surface area (Å²) in [5, 5.41) is -4.09. The van der Waals surface area contributed by atoms with Crippen molar-refractivity contribution in [2.45, 2.75) is 43.8 Å². The fraction of sp³-hybridized carbons (Fsp3) is 1.00. The molecule has 0 N–H and O–H groups in total. The average molecular weight is 265 g/mol. The molecule has 4 aliphatic carbocycles. The average Bonchev–Trinajstić information content (AvgIpc) is 2.12. The second kappa shape index (κ2) is 3.20. The van der Waals surface area contributed by atoms with Crippen molar-refractivity contribution in [3.05, 3.63) is 0 Å². The van der Waals surface area contributed by atoms with Gasteiger partial charge >= 0.3 is 5.25 Å². The Balaban J connectivity index is 2.02. The van der Waals surface area contributed by atoms with Crippen molar-refractivity contribution in [1.29, 1.82) is 0 Å². The quantitative estimate of drug-likeness (QED) is 0.720. The molecule has 0 heterocycles. The van der Waals surface area contributed by atoms with Crippen LogP contribution in [0.2, 0.25) is 0 Å². The molecule has 4 aliphatic rings. The van der Waals surface area contributed by atoms with E-state index < -0.39 is 20.8 Å². The van der Waals surface area contributed by atoms with Crippen LogP contribution in [0.5, 0.6) is 0 Å². The van der Waals surface area contributed by atoms with Crippen LogP contribution < -0.4 is 0 Å². The van der Waals surface area contributed by atoms with Crippen LogP contribution in [-0.2, 0) is 10.1 Å². The van der Waals surface area contributed by atoms with Crippen molar-refractivity contribution in [2.24, 2.45) is 23.2 Å². The molecule has 0 aliphatic heterocycles. The van der Waals surface area contributed by atoms with Crippen LogP contribution in [0, 0.1) is 23.2 Å². The number of halogens is 2. The summed E-state index contributed by atoms with van der Waals surface area (Å²) >= 11 is 0. The molecule has 0 unspecified atom stereocenters. The van der Waals surface area contributed by atoms with Gasteiger partial charge in [-0.15, -0.1) is 0 Å². The highest BCUT2D eigenvalue weighted by molar-refractivity contribution is 7.86. The summed E-state index contributed by atoms with van der Waals surface area (Å²) in [5.41, 5.74) is -1.55. The predicted molar refractivity (Wildman–Crippen MR) is 55.2 cm³/mol. The Hall–Kier alpha value is -0.230. The van der Waals surface area contributed by atoms with Crippen LogP contribution in [0.15, 0.2) is 0 Å². The molecule has 0 saturated heterocycles. The van der Waals surface area contributed by atoms with Gasteiger partial charge in [-0.2, -0.15) is 8.78 Å². The fourth-order valence-corrected chi connectivity index (χ4v) is 5.51. The van der Waals surface area contributed by atoms with E-state index in [2.05, 4.69) is 0 Å². The topological polar surface area (TPSA) is 57.2 Å². The van der Waals surface area contributed by atoms with E-state index in [1.165, 1.54) is 0 Å². The molecule has 0 radical (unpaired) electrons. The lowest BCUT2D eigenvalue weighted by Gasteiger charge is -2.58. The number of alkyl halides is 2. The van der Waals surface area contributed by atoms with Crippen LogP contribution >= 0.6 is 0 Å². The minimum absolute atomic E-state index is 0.203. The number of rotatable bonds is 2. The Kier molecular flexibility index (Phi) is 2.23. The van der Waals surface area contributed by atoms with Crippen LogP contribution in [-0.4, -0.2) is 18.2 Å². The predicted octanol–water partition coefficient (Wildman–Crippen LogP) is 2.34. The van der Waals surface area contributed by atoms with Gasteiger partial charge in [0.25, 0.3) is 0 Å². The van der Waals surface area contributed by atoms with Gasteiger partial charge in [0.1, 0.15) is 0 Å². The first kappa shape index (κ1) is 11.8. The third-order valence-electron chi connectivity index (χ3n) is 4.97.